The van der Waals surface area contributed by atoms with Crippen molar-refractivity contribution in [1.82, 2.24) is 0 Å². The minimum absolute atomic E-state index is 0.151. The Hall–Kier alpha value is -0.700. The SMILES string of the molecule is CC(=O)CC1C[C@@H]2CC[C@@]1(C=O)CC2(C)O. The van der Waals surface area contributed by atoms with Crippen LogP contribution in [0.2, 0.25) is 0 Å². The van der Waals surface area contributed by atoms with Gasteiger partial charge in [-0.1, -0.05) is 0 Å². The molecule has 0 amide bonds. The Balaban J connectivity index is 2.25. The summed E-state index contributed by atoms with van der Waals surface area (Å²) in [5, 5.41) is 10.3. The first-order valence-corrected chi connectivity index (χ1v) is 6.08. The van der Waals surface area contributed by atoms with Crippen LogP contribution >= 0.6 is 0 Å². The third kappa shape index (κ3) is 1.71. The molecule has 16 heavy (non-hydrogen) atoms. The van der Waals surface area contributed by atoms with E-state index in [2.05, 4.69) is 0 Å². The number of rotatable bonds is 3. The first kappa shape index (κ1) is 11.8. The van der Waals surface area contributed by atoms with Crippen LogP contribution in [0.3, 0.4) is 0 Å². The van der Waals surface area contributed by atoms with Crippen LogP contribution in [0, 0.1) is 17.3 Å². The summed E-state index contributed by atoms with van der Waals surface area (Å²) in [6.45, 7) is 3.41. The third-order valence-electron chi connectivity index (χ3n) is 4.68. The largest absolute Gasteiger partial charge is 0.390 e. The highest BCUT2D eigenvalue weighted by Gasteiger charge is 2.56. The lowest BCUT2D eigenvalue weighted by atomic mass is 9.50. The number of Topliss-reactive ketones (excluding diaryl/α,β-unsaturated/α-hetero) is 1. The number of hydrogen-bond acceptors (Lipinski definition) is 3. The van der Waals surface area contributed by atoms with Crippen molar-refractivity contribution in [3.8, 4) is 0 Å². The Labute approximate surface area is 96.2 Å². The van der Waals surface area contributed by atoms with Crippen molar-refractivity contribution in [2.24, 2.45) is 17.3 Å². The molecule has 3 aliphatic carbocycles. The van der Waals surface area contributed by atoms with Crippen LogP contribution in [0.4, 0.5) is 0 Å². The van der Waals surface area contributed by atoms with E-state index in [1.165, 1.54) is 0 Å². The number of aldehydes is 1. The summed E-state index contributed by atoms with van der Waals surface area (Å²) in [5.74, 6) is 0.568. The molecule has 3 rings (SSSR count). The maximum Gasteiger partial charge on any atom is 0.130 e. The van der Waals surface area contributed by atoms with E-state index in [-0.39, 0.29) is 17.6 Å². The highest BCUT2D eigenvalue weighted by Crippen LogP contribution is 2.57. The van der Waals surface area contributed by atoms with Crippen LogP contribution in [0.25, 0.3) is 0 Å². The predicted molar refractivity (Wildman–Crippen MR) is 59.9 cm³/mol. The molecule has 3 aliphatic rings. The number of carbonyl (C=O) groups is 2. The van der Waals surface area contributed by atoms with E-state index in [9.17, 15) is 14.7 Å². The molecule has 0 spiro atoms. The minimum Gasteiger partial charge on any atom is -0.390 e. The summed E-state index contributed by atoms with van der Waals surface area (Å²) < 4.78 is 0. The van der Waals surface area contributed by atoms with Crippen molar-refractivity contribution in [2.45, 2.75) is 51.6 Å². The van der Waals surface area contributed by atoms with Gasteiger partial charge < -0.3 is 14.7 Å². The molecule has 0 aliphatic heterocycles. The number of fused-ring (bicyclic) bond motifs is 3. The van der Waals surface area contributed by atoms with Crippen LogP contribution in [0.15, 0.2) is 0 Å². The second kappa shape index (κ2) is 3.66. The molecule has 3 nitrogen and oxygen atoms in total. The second-order valence-corrected chi connectivity index (χ2v) is 5.96. The van der Waals surface area contributed by atoms with E-state index < -0.39 is 11.0 Å². The van der Waals surface area contributed by atoms with Gasteiger partial charge in [-0.05, 0) is 51.4 Å². The van der Waals surface area contributed by atoms with Crippen molar-refractivity contribution in [3.05, 3.63) is 0 Å². The molecule has 0 aromatic heterocycles. The summed E-state index contributed by atoms with van der Waals surface area (Å²) in [6.07, 6.45) is 4.61. The summed E-state index contributed by atoms with van der Waals surface area (Å²) in [4.78, 5) is 22.6. The average molecular weight is 224 g/mol. The van der Waals surface area contributed by atoms with E-state index >= 15 is 0 Å². The quantitative estimate of drug-likeness (QED) is 0.743. The minimum atomic E-state index is -0.716. The number of aliphatic hydroxyl groups is 1. The van der Waals surface area contributed by atoms with Gasteiger partial charge in [0.25, 0.3) is 0 Å². The summed E-state index contributed by atoms with van der Waals surface area (Å²) in [5.41, 5.74) is -1.16. The summed E-state index contributed by atoms with van der Waals surface area (Å²) in [6, 6.07) is 0. The maximum absolute atomic E-state index is 11.4. The monoisotopic (exact) mass is 224 g/mol. The molecule has 0 saturated heterocycles. The Morgan fingerprint density at radius 1 is 1.56 bits per heavy atom. The summed E-state index contributed by atoms with van der Waals surface area (Å²) >= 11 is 0. The fraction of sp³-hybridized carbons (Fsp3) is 0.846. The lowest BCUT2D eigenvalue weighted by Gasteiger charge is -2.56. The topological polar surface area (TPSA) is 54.4 Å². The zero-order chi connectivity index (χ0) is 12.0. The van der Waals surface area contributed by atoms with Gasteiger partial charge in [0.15, 0.2) is 0 Å². The first-order valence-electron chi connectivity index (χ1n) is 6.08. The van der Waals surface area contributed by atoms with Gasteiger partial charge in [0.2, 0.25) is 0 Å². The van der Waals surface area contributed by atoms with Gasteiger partial charge in [0.1, 0.15) is 12.1 Å². The van der Waals surface area contributed by atoms with Crippen molar-refractivity contribution in [3.63, 3.8) is 0 Å². The van der Waals surface area contributed by atoms with Crippen molar-refractivity contribution >= 4 is 12.1 Å². The molecule has 3 heteroatoms. The van der Waals surface area contributed by atoms with E-state index in [4.69, 9.17) is 0 Å². The van der Waals surface area contributed by atoms with Gasteiger partial charge in [-0.15, -0.1) is 0 Å². The van der Waals surface area contributed by atoms with Gasteiger partial charge in [-0.3, -0.25) is 0 Å². The lowest BCUT2D eigenvalue weighted by molar-refractivity contribution is -0.163. The normalized spacial score (nSPS) is 46.7. The molecule has 2 bridgehead atoms. The summed E-state index contributed by atoms with van der Waals surface area (Å²) in [7, 11) is 0. The van der Waals surface area contributed by atoms with Crippen LogP contribution in [0.1, 0.15) is 46.0 Å². The second-order valence-electron chi connectivity index (χ2n) is 5.96. The molecule has 3 saturated carbocycles. The van der Waals surface area contributed by atoms with E-state index in [0.29, 0.717) is 12.8 Å². The van der Waals surface area contributed by atoms with Crippen LogP contribution in [-0.4, -0.2) is 22.8 Å². The Morgan fingerprint density at radius 2 is 2.25 bits per heavy atom. The van der Waals surface area contributed by atoms with Crippen molar-refractivity contribution in [1.29, 1.82) is 0 Å². The standard InChI is InChI=1S/C13H20O3/c1-9(15)5-11-6-10-3-4-13(11,8-14)7-12(10,2)16/h8,10-11,16H,3-7H2,1-2H3/t10-,11?,12?,13-/m0/s1. The Bertz CT molecular complexity index is 321. The van der Waals surface area contributed by atoms with E-state index in [0.717, 1.165) is 25.5 Å². The van der Waals surface area contributed by atoms with Gasteiger partial charge in [0.05, 0.1) is 5.60 Å². The van der Waals surface area contributed by atoms with Crippen LogP contribution in [0.5, 0.6) is 0 Å². The Kier molecular flexibility index (Phi) is 2.69. The van der Waals surface area contributed by atoms with Gasteiger partial charge >= 0.3 is 0 Å². The molecule has 0 aromatic rings. The third-order valence-corrected chi connectivity index (χ3v) is 4.68. The fourth-order valence-corrected chi connectivity index (χ4v) is 3.78. The molecular formula is C13H20O3. The van der Waals surface area contributed by atoms with Crippen LogP contribution < -0.4 is 0 Å². The first-order chi connectivity index (χ1) is 7.39. The van der Waals surface area contributed by atoms with Crippen molar-refractivity contribution < 1.29 is 14.7 Å². The number of carbonyl (C=O) groups excluding carboxylic acids is 2. The number of hydrogen-bond donors (Lipinski definition) is 1. The van der Waals surface area contributed by atoms with Gasteiger partial charge in [-0.2, -0.15) is 0 Å². The van der Waals surface area contributed by atoms with Gasteiger partial charge in [0, 0.05) is 11.8 Å². The highest BCUT2D eigenvalue weighted by atomic mass is 16.3. The number of ketones is 1. The lowest BCUT2D eigenvalue weighted by Crippen LogP contribution is -2.56. The van der Waals surface area contributed by atoms with E-state index in [1.54, 1.807) is 6.92 Å². The predicted octanol–water partition coefficient (Wildman–Crippen LogP) is 1.72. The molecule has 0 heterocycles. The average Bonchev–Trinajstić information content (AvgIpc) is 2.18. The Morgan fingerprint density at radius 3 is 2.75 bits per heavy atom. The maximum atomic E-state index is 11.4. The van der Waals surface area contributed by atoms with E-state index in [1.807, 2.05) is 6.92 Å². The molecule has 2 unspecified atom stereocenters. The fourth-order valence-electron chi connectivity index (χ4n) is 3.78. The van der Waals surface area contributed by atoms with Gasteiger partial charge in [-0.25, -0.2) is 0 Å². The zero-order valence-corrected chi connectivity index (χ0v) is 10.0. The molecule has 3 fully saturated rings. The zero-order valence-electron chi connectivity index (χ0n) is 10.0. The molecule has 90 valence electrons. The van der Waals surface area contributed by atoms with Crippen LogP contribution in [-0.2, 0) is 9.59 Å². The molecule has 4 atom stereocenters. The molecular weight excluding hydrogens is 204 g/mol. The molecule has 0 radical (unpaired) electrons. The smallest absolute Gasteiger partial charge is 0.130 e. The molecule has 0 aromatic carbocycles. The molecule has 1 N–H and O–H groups in total. The highest BCUT2D eigenvalue weighted by molar-refractivity contribution is 5.77. The van der Waals surface area contributed by atoms with Crippen molar-refractivity contribution in [2.75, 3.05) is 0 Å².